The first-order valence-electron chi connectivity index (χ1n) is 18.1. The Bertz CT molecular complexity index is 3140. The first kappa shape index (κ1) is 28.6. The van der Waals surface area contributed by atoms with E-state index >= 15 is 0 Å². The van der Waals surface area contributed by atoms with Gasteiger partial charge in [0.25, 0.3) is 0 Å². The van der Waals surface area contributed by atoms with E-state index in [1.807, 2.05) is 18.5 Å². The largest absolute Gasteiger partial charge is 0.254 e. The lowest BCUT2D eigenvalue weighted by molar-refractivity contribution is 0.794. The van der Waals surface area contributed by atoms with Gasteiger partial charge in [-0.05, 0) is 62.0 Å². The van der Waals surface area contributed by atoms with E-state index in [1.165, 1.54) is 55.3 Å². The van der Waals surface area contributed by atoms with E-state index in [-0.39, 0.29) is 0 Å². The van der Waals surface area contributed by atoms with Crippen LogP contribution in [0.2, 0.25) is 0 Å². The molecule has 4 nitrogen and oxygen atoms in total. The Morgan fingerprint density at radius 1 is 0.415 bits per heavy atom. The average Bonchev–Trinajstić information content (AvgIpc) is 3.71. The zero-order valence-corrected chi connectivity index (χ0v) is 28.5. The van der Waals surface area contributed by atoms with Crippen molar-refractivity contribution in [3.8, 4) is 44.9 Å². The molecule has 0 saturated carbocycles. The summed E-state index contributed by atoms with van der Waals surface area (Å²) in [6.45, 7) is 0. The molecule has 0 N–H and O–H groups in total. The second kappa shape index (κ2) is 10.5. The zero-order valence-electron chi connectivity index (χ0n) is 28.5. The second-order valence-electron chi connectivity index (χ2n) is 14.1. The number of fused-ring (bicyclic) bond motifs is 17. The van der Waals surface area contributed by atoms with Crippen molar-refractivity contribution in [2.45, 2.75) is 5.41 Å². The van der Waals surface area contributed by atoms with Gasteiger partial charge in [0.05, 0.1) is 22.1 Å². The van der Waals surface area contributed by atoms with Crippen LogP contribution in [0.5, 0.6) is 0 Å². The molecule has 7 aromatic carbocycles. The van der Waals surface area contributed by atoms with Crippen LogP contribution in [0.15, 0.2) is 170 Å². The topological polar surface area (TPSA) is 51.6 Å². The molecule has 0 atom stereocenters. The molecule has 0 fully saturated rings. The molecule has 3 aromatic heterocycles. The minimum absolute atomic E-state index is 0.424. The van der Waals surface area contributed by atoms with Crippen molar-refractivity contribution in [3.05, 3.63) is 192 Å². The van der Waals surface area contributed by atoms with E-state index in [0.29, 0.717) is 5.82 Å². The Morgan fingerprint density at radius 3 is 1.87 bits per heavy atom. The van der Waals surface area contributed by atoms with Crippen molar-refractivity contribution in [2.75, 3.05) is 0 Å². The summed E-state index contributed by atoms with van der Waals surface area (Å²) in [7, 11) is 0. The molecule has 0 saturated heterocycles. The number of pyridine rings is 2. The third-order valence-electron chi connectivity index (χ3n) is 11.6. The maximum absolute atomic E-state index is 5.47. The molecule has 2 aliphatic carbocycles. The first-order chi connectivity index (χ1) is 26.3. The molecule has 10 aromatic rings. The van der Waals surface area contributed by atoms with Gasteiger partial charge in [-0.25, -0.2) is 15.0 Å². The summed E-state index contributed by atoms with van der Waals surface area (Å²) in [5.41, 5.74) is 15.7. The highest BCUT2D eigenvalue weighted by Crippen LogP contribution is 2.64. The summed E-state index contributed by atoms with van der Waals surface area (Å²) in [4.78, 5) is 19.9. The Labute approximate surface area is 305 Å². The highest BCUT2D eigenvalue weighted by Gasteiger charge is 2.52. The Balaban J connectivity index is 1.12. The second-order valence-corrected chi connectivity index (χ2v) is 14.1. The predicted molar refractivity (Wildman–Crippen MR) is 215 cm³/mol. The van der Waals surface area contributed by atoms with E-state index < -0.39 is 5.41 Å². The fourth-order valence-corrected chi connectivity index (χ4v) is 9.39. The van der Waals surface area contributed by atoms with E-state index in [2.05, 4.69) is 157 Å². The Morgan fingerprint density at radius 2 is 1.08 bits per heavy atom. The summed E-state index contributed by atoms with van der Waals surface area (Å²) < 4.78 is 0. The van der Waals surface area contributed by atoms with Gasteiger partial charge in [-0.15, -0.1) is 0 Å². The maximum atomic E-state index is 5.47. The van der Waals surface area contributed by atoms with E-state index in [4.69, 9.17) is 15.0 Å². The van der Waals surface area contributed by atoms with Gasteiger partial charge in [0.15, 0.2) is 5.82 Å². The molecule has 12 rings (SSSR count). The molecule has 0 unspecified atom stereocenters. The van der Waals surface area contributed by atoms with Crippen molar-refractivity contribution < 1.29 is 0 Å². The molecular formula is C49H28N4. The van der Waals surface area contributed by atoms with Crippen LogP contribution in [-0.2, 0) is 5.41 Å². The summed E-state index contributed by atoms with van der Waals surface area (Å²) in [5.74, 6) is 0.675. The van der Waals surface area contributed by atoms with E-state index in [1.54, 1.807) is 0 Å². The lowest BCUT2D eigenvalue weighted by Gasteiger charge is -2.30. The van der Waals surface area contributed by atoms with E-state index in [0.717, 1.165) is 49.5 Å². The first-order valence-corrected chi connectivity index (χ1v) is 18.1. The number of hydrogen-bond acceptors (Lipinski definition) is 4. The van der Waals surface area contributed by atoms with E-state index in [9.17, 15) is 0 Å². The standard InChI is InChI=1S/C49H28N4/c1-5-15-38-33(11-1)34-12-2-6-16-39(34)49(38)40-17-7-3-14-37(40)43-41(49)26-25-36-35-13-4-8-18-42(35)52-45(44(36)43)30-19-22-31(23-20-30)48-51-28-32-24-21-29-10-9-27-50-46(29)47(32)53-48/h1-28H. The van der Waals surface area contributed by atoms with Crippen LogP contribution < -0.4 is 0 Å². The van der Waals surface area contributed by atoms with Gasteiger partial charge in [0.1, 0.15) is 5.52 Å². The van der Waals surface area contributed by atoms with Gasteiger partial charge in [0, 0.05) is 45.1 Å². The van der Waals surface area contributed by atoms with Gasteiger partial charge >= 0.3 is 0 Å². The number of benzene rings is 7. The normalized spacial score (nSPS) is 13.4. The monoisotopic (exact) mass is 672 g/mol. The molecule has 0 radical (unpaired) electrons. The Kier molecular flexibility index (Phi) is 5.67. The van der Waals surface area contributed by atoms with Crippen LogP contribution in [0.3, 0.4) is 0 Å². The molecule has 0 bridgehead atoms. The van der Waals surface area contributed by atoms with Crippen LogP contribution in [0.25, 0.3) is 88.4 Å². The van der Waals surface area contributed by atoms with Crippen LogP contribution in [0.4, 0.5) is 0 Å². The quantitative estimate of drug-likeness (QED) is 0.172. The highest BCUT2D eigenvalue weighted by atomic mass is 14.9. The lowest BCUT2D eigenvalue weighted by Crippen LogP contribution is -2.25. The SMILES string of the molecule is c1ccc2c(c1)-c1ccccc1C21c2ccccc2-c2c1ccc1c2c(-c2ccc(-c3ncc4ccc5cccnc5c4n3)cc2)nc2ccccc21. The summed E-state index contributed by atoms with van der Waals surface area (Å²) in [6.07, 6.45) is 3.72. The third kappa shape index (κ3) is 3.74. The van der Waals surface area contributed by atoms with Crippen molar-refractivity contribution in [2.24, 2.45) is 0 Å². The van der Waals surface area contributed by atoms with Crippen LogP contribution in [0.1, 0.15) is 22.3 Å². The summed E-state index contributed by atoms with van der Waals surface area (Å²) in [6, 6.07) is 57.0. The number of aromatic nitrogens is 4. The average molecular weight is 673 g/mol. The molecule has 0 amide bonds. The third-order valence-corrected chi connectivity index (χ3v) is 11.6. The number of nitrogens with zero attached hydrogens (tertiary/aromatic N) is 4. The van der Waals surface area contributed by atoms with Crippen LogP contribution in [-0.4, -0.2) is 19.9 Å². The molecule has 4 heteroatoms. The zero-order chi connectivity index (χ0) is 34.7. The molecule has 1 spiro atoms. The summed E-state index contributed by atoms with van der Waals surface area (Å²) in [5, 5.41) is 5.58. The minimum atomic E-state index is -0.424. The van der Waals surface area contributed by atoms with Crippen molar-refractivity contribution in [1.29, 1.82) is 0 Å². The van der Waals surface area contributed by atoms with Crippen molar-refractivity contribution in [3.63, 3.8) is 0 Å². The van der Waals surface area contributed by atoms with Gasteiger partial charge < -0.3 is 0 Å². The van der Waals surface area contributed by atoms with Gasteiger partial charge in [-0.2, -0.15) is 0 Å². The predicted octanol–water partition coefficient (Wildman–Crippen LogP) is 11.6. The van der Waals surface area contributed by atoms with Crippen LogP contribution in [0, 0.1) is 0 Å². The maximum Gasteiger partial charge on any atom is 0.159 e. The minimum Gasteiger partial charge on any atom is -0.254 e. The van der Waals surface area contributed by atoms with Gasteiger partial charge in [-0.3, -0.25) is 4.98 Å². The number of hydrogen-bond donors (Lipinski definition) is 0. The number of rotatable bonds is 2. The van der Waals surface area contributed by atoms with Crippen molar-refractivity contribution in [1.82, 2.24) is 19.9 Å². The number of para-hydroxylation sites is 1. The van der Waals surface area contributed by atoms with Gasteiger partial charge in [-0.1, -0.05) is 146 Å². The lowest BCUT2D eigenvalue weighted by atomic mass is 9.70. The molecular weight excluding hydrogens is 645 g/mol. The van der Waals surface area contributed by atoms with Crippen LogP contribution >= 0.6 is 0 Å². The molecule has 0 aliphatic heterocycles. The molecule has 244 valence electrons. The van der Waals surface area contributed by atoms with Gasteiger partial charge in [0.2, 0.25) is 0 Å². The molecule has 53 heavy (non-hydrogen) atoms. The molecule has 3 heterocycles. The fourth-order valence-electron chi connectivity index (χ4n) is 9.39. The Hall–Kier alpha value is -7.04. The smallest absolute Gasteiger partial charge is 0.159 e. The molecule has 2 aliphatic rings. The fraction of sp³-hybridized carbons (Fsp3) is 0.0204. The highest BCUT2D eigenvalue weighted by molar-refractivity contribution is 6.19. The summed E-state index contributed by atoms with van der Waals surface area (Å²) >= 11 is 0. The van der Waals surface area contributed by atoms with Crippen molar-refractivity contribution >= 4 is 43.5 Å².